The normalized spacial score (nSPS) is 15.9. The van der Waals surface area contributed by atoms with E-state index in [0.717, 1.165) is 6.42 Å². The third-order valence-electron chi connectivity index (χ3n) is 8.46. The largest absolute Gasteiger partial charge is 0.0619 e. The average Bonchev–Trinajstić information content (AvgIpc) is 3.47. The van der Waals surface area contributed by atoms with Gasteiger partial charge in [0.1, 0.15) is 0 Å². The van der Waals surface area contributed by atoms with E-state index in [1.807, 2.05) is 0 Å². The molecule has 0 bridgehead atoms. The highest BCUT2D eigenvalue weighted by atomic mass is 14.4. The van der Waals surface area contributed by atoms with Crippen molar-refractivity contribution in [3.05, 3.63) is 130 Å². The molecule has 0 N–H and O–H groups in total. The lowest BCUT2D eigenvalue weighted by molar-refractivity contribution is 0.660. The summed E-state index contributed by atoms with van der Waals surface area (Å²) in [5.74, 6) is 0. The first-order valence-corrected chi connectivity index (χ1v) is 12.2. The molecule has 0 atom stereocenters. The SMILES string of the molecule is CC1(C)c2ccccc2-c2ccc(-c3ccc4c(c3)C3=C(C4)c4cccc5cccc3c45)cc21. The van der Waals surface area contributed by atoms with Gasteiger partial charge >= 0.3 is 0 Å². The molecule has 8 rings (SSSR count). The van der Waals surface area contributed by atoms with Gasteiger partial charge in [-0.25, -0.2) is 0 Å². The molecule has 0 spiro atoms. The predicted molar refractivity (Wildman–Crippen MR) is 143 cm³/mol. The van der Waals surface area contributed by atoms with Crippen molar-refractivity contribution in [2.45, 2.75) is 25.7 Å². The number of hydrogen-bond donors (Lipinski definition) is 0. The summed E-state index contributed by atoms with van der Waals surface area (Å²) in [5.41, 5.74) is 16.9. The lowest BCUT2D eigenvalue weighted by atomic mass is 9.81. The van der Waals surface area contributed by atoms with E-state index in [9.17, 15) is 0 Å². The summed E-state index contributed by atoms with van der Waals surface area (Å²) in [6.07, 6.45) is 1.03. The van der Waals surface area contributed by atoms with Crippen LogP contribution in [-0.2, 0) is 11.8 Å². The van der Waals surface area contributed by atoms with Crippen LogP contribution in [0, 0.1) is 0 Å². The molecule has 3 aliphatic carbocycles. The molecule has 3 aliphatic rings. The molecule has 0 fully saturated rings. The van der Waals surface area contributed by atoms with Crippen LogP contribution in [-0.4, -0.2) is 0 Å². The summed E-state index contributed by atoms with van der Waals surface area (Å²) in [7, 11) is 0. The van der Waals surface area contributed by atoms with Crippen molar-refractivity contribution in [3.63, 3.8) is 0 Å². The van der Waals surface area contributed by atoms with E-state index in [0.29, 0.717) is 0 Å². The average molecular weight is 433 g/mol. The smallest absolute Gasteiger partial charge is 0.0159 e. The minimum absolute atomic E-state index is 0.0249. The van der Waals surface area contributed by atoms with Crippen molar-refractivity contribution in [1.29, 1.82) is 0 Å². The Kier molecular flexibility index (Phi) is 3.35. The third kappa shape index (κ3) is 2.19. The molecule has 0 amide bonds. The minimum atomic E-state index is 0.0249. The molecule has 5 aromatic rings. The number of rotatable bonds is 1. The Bertz CT molecular complexity index is 1740. The maximum absolute atomic E-state index is 2.44. The highest BCUT2D eigenvalue weighted by molar-refractivity contribution is 6.20. The molecule has 0 radical (unpaired) electrons. The van der Waals surface area contributed by atoms with E-state index in [2.05, 4.69) is 111 Å². The minimum Gasteiger partial charge on any atom is -0.0619 e. The second-order valence-electron chi connectivity index (χ2n) is 10.5. The van der Waals surface area contributed by atoms with E-state index in [4.69, 9.17) is 0 Å². The Morgan fingerprint density at radius 2 is 1.26 bits per heavy atom. The Morgan fingerprint density at radius 1 is 0.559 bits per heavy atom. The van der Waals surface area contributed by atoms with Gasteiger partial charge in [-0.3, -0.25) is 0 Å². The van der Waals surface area contributed by atoms with Gasteiger partial charge in [0, 0.05) is 5.41 Å². The van der Waals surface area contributed by atoms with Gasteiger partial charge in [-0.15, -0.1) is 0 Å². The van der Waals surface area contributed by atoms with Gasteiger partial charge in [-0.2, -0.15) is 0 Å². The van der Waals surface area contributed by atoms with Gasteiger partial charge in [0.15, 0.2) is 0 Å². The standard InChI is InChI=1S/C34H24/c1-34(2)30-12-4-3-9-24(30)25-16-15-22(19-31(25)34)21-13-14-23-18-29-26-10-5-7-20-8-6-11-27(32(20)26)33(29)28(23)17-21/h3-17,19H,18H2,1-2H3. The maximum atomic E-state index is 2.44. The van der Waals surface area contributed by atoms with E-state index in [1.165, 1.54) is 77.6 Å². The van der Waals surface area contributed by atoms with Crippen LogP contribution in [0.3, 0.4) is 0 Å². The molecular formula is C34H24. The Morgan fingerprint density at radius 3 is 2.15 bits per heavy atom. The van der Waals surface area contributed by atoms with Gasteiger partial charge in [-0.05, 0) is 96.1 Å². The van der Waals surface area contributed by atoms with Crippen LogP contribution in [0.4, 0.5) is 0 Å². The van der Waals surface area contributed by atoms with Crippen LogP contribution in [0.1, 0.15) is 47.2 Å². The molecule has 0 aromatic heterocycles. The Hall–Kier alpha value is -3.90. The lowest BCUT2D eigenvalue weighted by Crippen LogP contribution is -2.14. The molecule has 34 heavy (non-hydrogen) atoms. The monoisotopic (exact) mass is 432 g/mol. The van der Waals surface area contributed by atoms with E-state index in [1.54, 1.807) is 0 Å². The molecule has 0 heteroatoms. The Balaban J connectivity index is 1.29. The van der Waals surface area contributed by atoms with Gasteiger partial charge in [-0.1, -0.05) is 98.8 Å². The van der Waals surface area contributed by atoms with Crippen molar-refractivity contribution >= 4 is 21.9 Å². The van der Waals surface area contributed by atoms with Gasteiger partial charge in [0.25, 0.3) is 0 Å². The first-order valence-electron chi connectivity index (χ1n) is 12.2. The molecule has 0 unspecified atom stereocenters. The molecule has 160 valence electrons. The fraction of sp³-hybridized carbons (Fsp3) is 0.118. The zero-order valence-corrected chi connectivity index (χ0v) is 19.4. The van der Waals surface area contributed by atoms with Crippen LogP contribution in [0.2, 0.25) is 0 Å². The van der Waals surface area contributed by atoms with Gasteiger partial charge in [0.05, 0.1) is 0 Å². The quantitative estimate of drug-likeness (QED) is 0.249. The summed E-state index contributed by atoms with van der Waals surface area (Å²) >= 11 is 0. The predicted octanol–water partition coefficient (Wildman–Crippen LogP) is 8.64. The topological polar surface area (TPSA) is 0 Å². The Labute approximate surface area is 200 Å². The van der Waals surface area contributed by atoms with Gasteiger partial charge in [0.2, 0.25) is 0 Å². The molecule has 5 aromatic carbocycles. The summed E-state index contributed by atoms with van der Waals surface area (Å²) in [4.78, 5) is 0. The van der Waals surface area contributed by atoms with Crippen molar-refractivity contribution in [3.8, 4) is 22.3 Å². The van der Waals surface area contributed by atoms with Gasteiger partial charge < -0.3 is 0 Å². The molecule has 0 saturated carbocycles. The lowest BCUT2D eigenvalue weighted by Gasteiger charge is -2.22. The summed E-state index contributed by atoms with van der Waals surface area (Å²) in [6.45, 7) is 4.72. The molecule has 0 nitrogen and oxygen atoms in total. The van der Waals surface area contributed by atoms with Crippen LogP contribution in [0.5, 0.6) is 0 Å². The number of fused-ring (bicyclic) bond motifs is 7. The molecular weight excluding hydrogens is 408 g/mol. The van der Waals surface area contributed by atoms with Crippen LogP contribution < -0.4 is 0 Å². The highest BCUT2D eigenvalue weighted by Gasteiger charge is 2.35. The summed E-state index contributed by atoms with van der Waals surface area (Å²) in [5, 5.41) is 2.78. The van der Waals surface area contributed by atoms with Crippen LogP contribution in [0.15, 0.2) is 97.1 Å². The fourth-order valence-corrected chi connectivity index (χ4v) is 6.81. The van der Waals surface area contributed by atoms with Crippen molar-refractivity contribution in [2.75, 3.05) is 0 Å². The van der Waals surface area contributed by atoms with Crippen LogP contribution >= 0.6 is 0 Å². The van der Waals surface area contributed by atoms with E-state index < -0.39 is 0 Å². The first kappa shape index (κ1) is 18.5. The summed E-state index contributed by atoms with van der Waals surface area (Å²) in [6, 6.07) is 36.6. The fourth-order valence-electron chi connectivity index (χ4n) is 6.81. The second kappa shape index (κ2) is 6.15. The number of allylic oxidation sites excluding steroid dienone is 1. The van der Waals surface area contributed by atoms with Crippen LogP contribution in [0.25, 0.3) is 44.2 Å². The second-order valence-corrected chi connectivity index (χ2v) is 10.5. The third-order valence-corrected chi connectivity index (χ3v) is 8.46. The van der Waals surface area contributed by atoms with Crippen molar-refractivity contribution in [1.82, 2.24) is 0 Å². The number of benzene rings is 5. The first-order chi connectivity index (χ1) is 16.6. The molecule has 0 saturated heterocycles. The van der Waals surface area contributed by atoms with E-state index >= 15 is 0 Å². The number of hydrogen-bond acceptors (Lipinski definition) is 0. The maximum Gasteiger partial charge on any atom is 0.0159 e. The highest BCUT2D eigenvalue weighted by Crippen LogP contribution is 2.52. The van der Waals surface area contributed by atoms with Crippen molar-refractivity contribution < 1.29 is 0 Å². The molecule has 0 heterocycles. The van der Waals surface area contributed by atoms with E-state index in [-0.39, 0.29) is 5.41 Å². The zero-order valence-electron chi connectivity index (χ0n) is 19.4. The molecule has 0 aliphatic heterocycles. The summed E-state index contributed by atoms with van der Waals surface area (Å²) < 4.78 is 0. The zero-order chi connectivity index (χ0) is 22.6. The van der Waals surface area contributed by atoms with Crippen molar-refractivity contribution in [2.24, 2.45) is 0 Å².